The van der Waals surface area contributed by atoms with Crippen molar-refractivity contribution in [3.63, 3.8) is 0 Å². The number of nitriles is 2. The van der Waals surface area contributed by atoms with E-state index in [1.165, 1.54) is 46.0 Å². The molecule has 28 nitrogen and oxygen atoms in total. The second-order valence-corrected chi connectivity index (χ2v) is 16.6. The number of nitrogen functional groups attached to an aromatic ring is 6. The van der Waals surface area contributed by atoms with Crippen LogP contribution < -0.4 is 40.1 Å². The van der Waals surface area contributed by atoms with Crippen molar-refractivity contribution in [3.8, 4) is 35.4 Å². The highest BCUT2D eigenvalue weighted by atomic mass is 16.4. The van der Waals surface area contributed by atoms with Crippen molar-refractivity contribution in [1.29, 1.82) is 10.5 Å². The van der Waals surface area contributed by atoms with E-state index in [0.29, 0.717) is 22.8 Å². The van der Waals surface area contributed by atoms with Gasteiger partial charge in [-0.25, -0.2) is 33.3 Å². The second kappa shape index (κ2) is 18.7. The average Bonchev–Trinajstić information content (AvgIpc) is 4.02. The van der Waals surface area contributed by atoms with Gasteiger partial charge in [0.2, 0.25) is 5.95 Å². The number of carbonyl (C=O) groups is 4. The number of carboxylic acids is 4. The van der Waals surface area contributed by atoms with E-state index in [2.05, 4.69) is 35.3 Å². The fourth-order valence-electron chi connectivity index (χ4n) is 6.13. The Morgan fingerprint density at radius 2 is 0.899 bits per heavy atom. The maximum atomic E-state index is 12.2. The van der Waals surface area contributed by atoms with Crippen LogP contribution in [-0.2, 0) is 10.8 Å². The molecule has 7 aromatic rings. The summed E-state index contributed by atoms with van der Waals surface area (Å²) in [6.45, 7) is 11.7. The number of nitrogens with one attached hydrogen (secondary N) is 1. The fourth-order valence-corrected chi connectivity index (χ4v) is 6.13. The summed E-state index contributed by atoms with van der Waals surface area (Å²) in [6.07, 6.45) is 2.42. The molecule has 0 saturated carbocycles. The second-order valence-electron chi connectivity index (χ2n) is 16.6. The van der Waals surface area contributed by atoms with Crippen LogP contribution in [0.1, 0.15) is 105 Å². The van der Waals surface area contributed by atoms with E-state index in [1.807, 2.05) is 53.7 Å². The van der Waals surface area contributed by atoms with Gasteiger partial charge in [0.15, 0.2) is 11.6 Å². The van der Waals surface area contributed by atoms with Crippen LogP contribution in [-0.4, -0.2) is 98.4 Å². The minimum atomic E-state index is -1.28. The molecule has 69 heavy (non-hydrogen) atoms. The number of anilines is 6. The Kier molecular flexibility index (Phi) is 13.5. The Balaban J connectivity index is 0.000000199. The van der Waals surface area contributed by atoms with Gasteiger partial charge in [0.05, 0.1) is 68.8 Å². The van der Waals surface area contributed by atoms with Crippen molar-refractivity contribution < 1.29 is 39.6 Å². The molecular formula is C41H43N19O9. The number of rotatable bonds is 8. The van der Waals surface area contributed by atoms with Gasteiger partial charge >= 0.3 is 29.6 Å². The lowest BCUT2D eigenvalue weighted by molar-refractivity contribution is 0.0676. The third kappa shape index (κ3) is 10.3. The molecule has 0 atom stereocenters. The molecule has 5 heterocycles. The summed E-state index contributed by atoms with van der Waals surface area (Å²) in [6, 6.07) is 10.6. The molecule has 0 amide bonds. The summed E-state index contributed by atoms with van der Waals surface area (Å²) in [5, 5.41) is 70.0. The van der Waals surface area contributed by atoms with Crippen LogP contribution in [0.25, 0.3) is 23.3 Å². The van der Waals surface area contributed by atoms with E-state index >= 15 is 0 Å². The minimum Gasteiger partial charge on any atom is -0.478 e. The van der Waals surface area contributed by atoms with Gasteiger partial charge in [-0.1, -0.05) is 41.5 Å². The molecule has 0 radical (unpaired) electrons. The Morgan fingerprint density at radius 1 is 0.551 bits per heavy atom. The van der Waals surface area contributed by atoms with Gasteiger partial charge in [-0.15, -0.1) is 0 Å². The molecule has 7 rings (SSSR count). The number of carboxylic acid groups (broad SMARTS) is 4. The molecule has 0 aliphatic heterocycles. The number of nitrogens with zero attached hydrogens (tertiary/aromatic N) is 12. The highest BCUT2D eigenvalue weighted by Crippen LogP contribution is 2.33. The van der Waals surface area contributed by atoms with Crippen LogP contribution in [0.2, 0.25) is 0 Å². The Bertz CT molecular complexity index is 3070. The summed E-state index contributed by atoms with van der Waals surface area (Å²) in [4.78, 5) is 66.9. The van der Waals surface area contributed by atoms with Crippen LogP contribution in [0.15, 0.2) is 53.6 Å². The lowest BCUT2D eigenvalue weighted by atomic mass is 9.91. The monoisotopic (exact) mass is 945 g/mol. The summed E-state index contributed by atoms with van der Waals surface area (Å²) in [5.41, 5.74) is 35.8. The maximum Gasteiger partial charge on any atom is 0.351 e. The molecule has 0 fully saturated rings. The molecule has 0 spiro atoms. The van der Waals surface area contributed by atoms with E-state index in [0.717, 1.165) is 21.5 Å². The highest BCUT2D eigenvalue weighted by molar-refractivity contribution is 5.95. The number of hydrogen-bond donors (Lipinski definition) is 11. The number of aromatic amines is 1. The Labute approximate surface area is 388 Å². The first-order chi connectivity index (χ1) is 32.1. The van der Waals surface area contributed by atoms with Crippen molar-refractivity contribution in [3.05, 3.63) is 104 Å². The molecule has 17 N–H and O–H groups in total. The summed E-state index contributed by atoms with van der Waals surface area (Å²) in [5.74, 6) is -4.84. The number of nitrogens with two attached hydrogens (primary N) is 6. The summed E-state index contributed by atoms with van der Waals surface area (Å²) in [7, 11) is 0. The van der Waals surface area contributed by atoms with Crippen LogP contribution in [0.3, 0.4) is 0 Å². The zero-order valence-electron chi connectivity index (χ0n) is 37.3. The quantitative estimate of drug-likeness (QED) is 0.104. The molecule has 356 valence electrons. The van der Waals surface area contributed by atoms with Gasteiger partial charge in [-0.05, 0) is 36.4 Å². The molecule has 0 unspecified atom stereocenters. The topological polar surface area (TPSA) is 483 Å². The van der Waals surface area contributed by atoms with E-state index in [-0.39, 0.29) is 90.8 Å². The molecule has 2 aromatic carbocycles. The van der Waals surface area contributed by atoms with Gasteiger partial charge in [-0.2, -0.15) is 50.3 Å². The molecule has 0 bridgehead atoms. The standard InChI is InChI=1S/C17H27N11O.2C12H8N4O4/c1-16(2,3)9-7(18)11(20)27(25-9)13-22-14(24-15(29)23-13)28-12(21)8(19)10(26-28)17(4,5)6;2*13-4-8-5-15-16(10(8)14)9-2-6(11(17)18)1-7(3-9)12(19)20/h18-21H2,1-6H3,(H,22,23,24,29);2*1-3,5H,14H2,(H,17,18)(H,19,20). The smallest absolute Gasteiger partial charge is 0.351 e. The SMILES string of the molecule is CC(C)(C)c1nn(-c2nc(-n3nc(C(C)(C)C)c(N)c3N)[nH]c(=O)n2)c(N)c1N.N#Cc1cnn(-c2cc(C(=O)O)cc(C(=O)O)c2)c1N.N#Cc1cnn(-c2cc(C(=O)O)cc(C(=O)O)c2)c1N. The van der Waals surface area contributed by atoms with Gasteiger partial charge in [0, 0.05) is 10.8 Å². The molecule has 0 aliphatic rings. The zero-order valence-corrected chi connectivity index (χ0v) is 37.3. The van der Waals surface area contributed by atoms with E-state index < -0.39 is 29.6 Å². The van der Waals surface area contributed by atoms with Crippen molar-refractivity contribution in [2.45, 2.75) is 52.4 Å². The van der Waals surface area contributed by atoms with Crippen molar-refractivity contribution in [2.24, 2.45) is 0 Å². The first-order valence-corrected chi connectivity index (χ1v) is 19.6. The lowest BCUT2D eigenvalue weighted by Gasteiger charge is -2.15. The predicted octanol–water partition coefficient (Wildman–Crippen LogP) is 1.91. The molecule has 5 aromatic heterocycles. The van der Waals surface area contributed by atoms with Gasteiger partial charge in [0.25, 0.3) is 5.95 Å². The molecule has 0 aliphatic carbocycles. The number of H-pyrrole nitrogens is 1. The summed E-state index contributed by atoms with van der Waals surface area (Å²) < 4.78 is 4.70. The van der Waals surface area contributed by atoms with Crippen LogP contribution in [0.5, 0.6) is 0 Å². The van der Waals surface area contributed by atoms with Crippen LogP contribution in [0.4, 0.5) is 34.6 Å². The van der Waals surface area contributed by atoms with Crippen molar-refractivity contribution in [1.82, 2.24) is 54.1 Å². The van der Waals surface area contributed by atoms with Gasteiger partial charge in [0.1, 0.15) is 34.9 Å². The van der Waals surface area contributed by atoms with E-state index in [9.17, 15) is 24.0 Å². The van der Waals surface area contributed by atoms with Crippen LogP contribution >= 0.6 is 0 Å². The van der Waals surface area contributed by atoms with Crippen molar-refractivity contribution in [2.75, 3.05) is 34.4 Å². The third-order valence-electron chi connectivity index (χ3n) is 9.52. The Hall–Kier alpha value is -10.3. The molecule has 28 heteroatoms. The maximum absolute atomic E-state index is 12.2. The number of benzene rings is 2. The lowest BCUT2D eigenvalue weighted by Crippen LogP contribution is -2.22. The number of hydrogen-bond acceptors (Lipinski definition) is 19. The highest BCUT2D eigenvalue weighted by Gasteiger charge is 2.28. The van der Waals surface area contributed by atoms with Gasteiger partial charge in [-0.3, -0.25) is 4.98 Å². The first-order valence-electron chi connectivity index (χ1n) is 19.6. The number of aromatic carboxylic acids is 4. The number of aromatic nitrogens is 11. The Morgan fingerprint density at radius 3 is 1.20 bits per heavy atom. The fraction of sp³-hybridized carbons (Fsp3) is 0.195. The molecule has 0 saturated heterocycles. The van der Waals surface area contributed by atoms with Gasteiger partial charge < -0.3 is 54.8 Å². The van der Waals surface area contributed by atoms with E-state index in [1.54, 1.807) is 0 Å². The largest absolute Gasteiger partial charge is 0.478 e. The average molecular weight is 946 g/mol. The molecular weight excluding hydrogens is 903 g/mol. The first kappa shape index (κ1) is 49.8. The zero-order chi connectivity index (χ0) is 51.6. The van der Waals surface area contributed by atoms with Crippen molar-refractivity contribution >= 4 is 58.5 Å². The normalized spacial score (nSPS) is 11.0. The minimum absolute atomic E-state index is 0.00591. The van der Waals surface area contributed by atoms with E-state index in [4.69, 9.17) is 65.4 Å². The van der Waals surface area contributed by atoms with Crippen LogP contribution in [0, 0.1) is 22.7 Å². The summed E-state index contributed by atoms with van der Waals surface area (Å²) >= 11 is 0. The predicted molar refractivity (Wildman–Crippen MR) is 245 cm³/mol. The third-order valence-corrected chi connectivity index (χ3v) is 9.52.